The molecule has 3 nitrogen and oxygen atoms in total. The highest BCUT2D eigenvalue weighted by Gasteiger charge is 2.38. The van der Waals surface area contributed by atoms with Gasteiger partial charge in [-0.2, -0.15) is 26.3 Å². The number of hydrogen-bond acceptors (Lipinski definition) is 2. The summed E-state index contributed by atoms with van der Waals surface area (Å²) < 4.78 is 80.5. The average Bonchev–Trinajstić information content (AvgIpc) is 3.29. The van der Waals surface area contributed by atoms with Gasteiger partial charge in [0.05, 0.1) is 11.1 Å². The molecule has 0 radical (unpaired) electrons. The van der Waals surface area contributed by atoms with Gasteiger partial charge in [0.1, 0.15) is 0 Å². The van der Waals surface area contributed by atoms with Crippen LogP contribution in [0.2, 0.25) is 0 Å². The molecule has 0 aromatic heterocycles. The van der Waals surface area contributed by atoms with E-state index in [2.05, 4.69) is 0 Å². The number of rotatable bonds is 8. The van der Waals surface area contributed by atoms with Crippen molar-refractivity contribution in [1.29, 1.82) is 0 Å². The lowest BCUT2D eigenvalue weighted by molar-refractivity contribution is -0.138. The van der Waals surface area contributed by atoms with Gasteiger partial charge in [0, 0.05) is 44.2 Å². The Hall–Kier alpha value is -3.33. The molecule has 9 heteroatoms. The topological polar surface area (TPSA) is 23.6 Å². The van der Waals surface area contributed by atoms with Crippen molar-refractivity contribution in [2.24, 2.45) is 11.8 Å². The standard InChI is InChI=1S/C31H32F6N2O/c1-21(2)16-39(29(40)23-9-4-3-5-10-23)19-25-18-38(17-22-8-6-12-26(14-22)30(32,33)34)20-28(25)24-11-7-13-27(15-24)31(35,36)37/h3-15,21,25,28H,16-20H2,1-2H3/t25-,28-/m0/s1. The summed E-state index contributed by atoms with van der Waals surface area (Å²) in [5.74, 6) is -0.567. The fourth-order valence-electron chi connectivity index (χ4n) is 5.43. The minimum absolute atomic E-state index is 0.155. The van der Waals surface area contributed by atoms with Gasteiger partial charge >= 0.3 is 12.4 Å². The van der Waals surface area contributed by atoms with E-state index < -0.39 is 23.5 Å². The fraction of sp³-hybridized carbons (Fsp3) is 0.387. The van der Waals surface area contributed by atoms with Gasteiger partial charge in [-0.3, -0.25) is 9.69 Å². The van der Waals surface area contributed by atoms with E-state index in [0.717, 1.165) is 24.3 Å². The number of alkyl halides is 6. The molecule has 1 fully saturated rings. The first-order valence-electron chi connectivity index (χ1n) is 13.2. The molecule has 1 heterocycles. The van der Waals surface area contributed by atoms with Gasteiger partial charge in [0.25, 0.3) is 5.91 Å². The molecule has 0 bridgehead atoms. The number of halogens is 6. The van der Waals surface area contributed by atoms with Crippen LogP contribution >= 0.6 is 0 Å². The number of nitrogens with zero attached hydrogens (tertiary/aromatic N) is 2. The Morgan fingerprint density at radius 3 is 2.10 bits per heavy atom. The van der Waals surface area contributed by atoms with E-state index in [1.165, 1.54) is 12.1 Å². The van der Waals surface area contributed by atoms with Gasteiger partial charge in [-0.1, -0.05) is 68.4 Å². The molecule has 1 saturated heterocycles. The van der Waals surface area contributed by atoms with Gasteiger partial charge in [-0.25, -0.2) is 0 Å². The third kappa shape index (κ3) is 7.44. The van der Waals surface area contributed by atoms with Crippen LogP contribution in [0.1, 0.15) is 52.4 Å². The molecule has 0 unspecified atom stereocenters. The lowest BCUT2D eigenvalue weighted by Crippen LogP contribution is -2.39. The molecule has 1 amide bonds. The van der Waals surface area contributed by atoms with Crippen LogP contribution in [0.3, 0.4) is 0 Å². The molecule has 0 spiro atoms. The molecule has 40 heavy (non-hydrogen) atoms. The highest BCUT2D eigenvalue weighted by molar-refractivity contribution is 5.94. The normalized spacial score (nSPS) is 18.3. The lowest BCUT2D eigenvalue weighted by atomic mass is 9.87. The second-order valence-corrected chi connectivity index (χ2v) is 10.9. The number of amides is 1. The average molecular weight is 563 g/mol. The maximum atomic E-state index is 13.5. The van der Waals surface area contributed by atoms with E-state index in [1.807, 2.05) is 24.8 Å². The molecule has 2 atom stereocenters. The van der Waals surface area contributed by atoms with E-state index in [-0.39, 0.29) is 30.2 Å². The first-order chi connectivity index (χ1) is 18.8. The molecular formula is C31H32F6N2O. The summed E-state index contributed by atoms with van der Waals surface area (Å²) in [4.78, 5) is 17.2. The van der Waals surface area contributed by atoms with E-state index in [1.54, 1.807) is 41.3 Å². The quantitative estimate of drug-likeness (QED) is 0.262. The first-order valence-corrected chi connectivity index (χ1v) is 13.2. The first kappa shape index (κ1) is 29.6. The number of likely N-dealkylation sites (tertiary alicyclic amines) is 1. The summed E-state index contributed by atoms with van der Waals surface area (Å²) >= 11 is 0. The second kappa shape index (κ2) is 12.0. The molecule has 214 valence electrons. The Morgan fingerprint density at radius 1 is 0.850 bits per heavy atom. The van der Waals surface area contributed by atoms with Crippen molar-refractivity contribution >= 4 is 5.91 Å². The summed E-state index contributed by atoms with van der Waals surface area (Å²) in [6.45, 7) is 5.76. The van der Waals surface area contributed by atoms with Crippen molar-refractivity contribution < 1.29 is 31.1 Å². The number of carbonyl (C=O) groups excluding carboxylic acids is 1. The van der Waals surface area contributed by atoms with Gasteiger partial charge in [-0.15, -0.1) is 0 Å². The predicted molar refractivity (Wildman–Crippen MR) is 142 cm³/mol. The van der Waals surface area contributed by atoms with Crippen LogP contribution < -0.4 is 0 Å². The third-order valence-corrected chi connectivity index (χ3v) is 7.17. The highest BCUT2D eigenvalue weighted by Crippen LogP contribution is 2.38. The lowest BCUT2D eigenvalue weighted by Gasteiger charge is -2.30. The maximum Gasteiger partial charge on any atom is 0.416 e. The van der Waals surface area contributed by atoms with Crippen LogP contribution in [0.25, 0.3) is 0 Å². The van der Waals surface area contributed by atoms with Crippen molar-refractivity contribution in [3.05, 3.63) is 107 Å². The van der Waals surface area contributed by atoms with Crippen LogP contribution in [-0.4, -0.2) is 41.9 Å². The molecule has 4 rings (SSSR count). The Labute approximate surface area is 230 Å². The predicted octanol–water partition coefficient (Wildman–Crippen LogP) is 7.74. The number of carbonyl (C=O) groups is 1. The molecule has 3 aromatic rings. The largest absolute Gasteiger partial charge is 0.416 e. The van der Waals surface area contributed by atoms with Crippen LogP contribution in [-0.2, 0) is 18.9 Å². The van der Waals surface area contributed by atoms with Gasteiger partial charge < -0.3 is 4.90 Å². The van der Waals surface area contributed by atoms with E-state index in [4.69, 9.17) is 0 Å². The molecular weight excluding hydrogens is 530 g/mol. The van der Waals surface area contributed by atoms with Crippen molar-refractivity contribution in [3.8, 4) is 0 Å². The summed E-state index contributed by atoms with van der Waals surface area (Å²) in [5, 5.41) is 0. The molecule has 0 aliphatic carbocycles. The molecule has 1 aliphatic heterocycles. The van der Waals surface area contributed by atoms with E-state index in [9.17, 15) is 31.1 Å². The Bertz CT molecular complexity index is 1290. The summed E-state index contributed by atoms with van der Waals surface area (Å²) in [7, 11) is 0. The van der Waals surface area contributed by atoms with Crippen molar-refractivity contribution in [1.82, 2.24) is 9.80 Å². The maximum absolute atomic E-state index is 13.5. The van der Waals surface area contributed by atoms with Gasteiger partial charge in [0.15, 0.2) is 0 Å². The zero-order valence-electron chi connectivity index (χ0n) is 22.3. The molecule has 0 N–H and O–H groups in total. The summed E-state index contributed by atoms with van der Waals surface area (Å²) in [6, 6.07) is 19.1. The van der Waals surface area contributed by atoms with Gasteiger partial charge in [0.2, 0.25) is 0 Å². The monoisotopic (exact) mass is 562 g/mol. The van der Waals surface area contributed by atoms with E-state index >= 15 is 0 Å². The van der Waals surface area contributed by atoms with Crippen LogP contribution in [0.4, 0.5) is 26.3 Å². The minimum Gasteiger partial charge on any atom is -0.338 e. The zero-order valence-corrected chi connectivity index (χ0v) is 22.3. The van der Waals surface area contributed by atoms with Crippen LogP contribution in [0.15, 0.2) is 78.9 Å². The Morgan fingerprint density at radius 2 is 1.48 bits per heavy atom. The summed E-state index contributed by atoms with van der Waals surface area (Å²) in [6.07, 6.45) is -8.98. The fourth-order valence-corrected chi connectivity index (χ4v) is 5.43. The SMILES string of the molecule is CC(C)CN(C[C@@H]1CN(Cc2cccc(C(F)(F)F)c2)C[C@H]1c1cccc(C(F)(F)F)c1)C(=O)c1ccccc1. The molecule has 3 aromatic carbocycles. The second-order valence-electron chi connectivity index (χ2n) is 10.9. The highest BCUT2D eigenvalue weighted by atomic mass is 19.4. The van der Waals surface area contributed by atoms with Crippen molar-refractivity contribution in [2.75, 3.05) is 26.2 Å². The Balaban J connectivity index is 1.64. The Kier molecular flexibility index (Phi) is 8.93. The molecule has 0 saturated carbocycles. The van der Waals surface area contributed by atoms with Crippen molar-refractivity contribution in [2.45, 2.75) is 38.7 Å². The van der Waals surface area contributed by atoms with Crippen LogP contribution in [0.5, 0.6) is 0 Å². The molecule has 1 aliphatic rings. The van der Waals surface area contributed by atoms with E-state index in [0.29, 0.717) is 42.9 Å². The van der Waals surface area contributed by atoms with Gasteiger partial charge in [-0.05, 0) is 47.2 Å². The third-order valence-electron chi connectivity index (χ3n) is 7.17. The summed E-state index contributed by atoms with van der Waals surface area (Å²) in [5.41, 5.74) is 0.00416. The van der Waals surface area contributed by atoms with Crippen LogP contribution in [0, 0.1) is 11.8 Å². The minimum atomic E-state index is -4.51. The number of hydrogen-bond donors (Lipinski definition) is 0. The zero-order chi connectivity index (χ0) is 29.1. The number of benzene rings is 3. The smallest absolute Gasteiger partial charge is 0.338 e. The van der Waals surface area contributed by atoms with Crippen molar-refractivity contribution in [3.63, 3.8) is 0 Å².